The molecule has 3 aliphatic rings. The smallest absolute Gasteiger partial charge is 0.318 e. The van der Waals surface area contributed by atoms with E-state index >= 15 is 0 Å². The third-order valence-corrected chi connectivity index (χ3v) is 7.97. The second kappa shape index (κ2) is 11.4. The third-order valence-electron chi connectivity index (χ3n) is 7.97. The number of anilines is 2. The molecule has 38 heavy (non-hydrogen) atoms. The fraction of sp³-hybridized carbons (Fsp3) is 0.536. The standard InChI is InChI=1S/C28H36N8O2/c1-5-26(37)36-14-13-35(17-22(36)16-29-3)27-23-9-12-34(25-8-10-30-15-20(25)2)18-24(23)31-28(32-27)38-19-21-7-6-11-33(21)4/h5,8,10,15,21-22H,1,6-7,9,11-14,16-19H2,2,4H3/t21-,22-/m0/s1. The molecule has 1 amide bonds. The predicted octanol–water partition coefficient (Wildman–Crippen LogP) is 2.34. The predicted molar refractivity (Wildman–Crippen MR) is 146 cm³/mol. The summed E-state index contributed by atoms with van der Waals surface area (Å²) in [6.45, 7) is 18.3. The van der Waals surface area contributed by atoms with Gasteiger partial charge < -0.3 is 29.2 Å². The summed E-state index contributed by atoms with van der Waals surface area (Å²) in [6.07, 6.45) is 8.15. The van der Waals surface area contributed by atoms with Crippen LogP contribution in [0.4, 0.5) is 11.5 Å². The molecule has 5 heterocycles. The molecule has 10 nitrogen and oxygen atoms in total. The first kappa shape index (κ1) is 25.9. The number of hydrogen-bond donors (Lipinski definition) is 0. The second-order valence-corrected chi connectivity index (χ2v) is 10.4. The van der Waals surface area contributed by atoms with Crippen LogP contribution in [0, 0.1) is 13.5 Å². The minimum atomic E-state index is -0.214. The van der Waals surface area contributed by atoms with Gasteiger partial charge in [0.25, 0.3) is 0 Å². The number of amides is 1. The zero-order chi connectivity index (χ0) is 26.6. The van der Waals surface area contributed by atoms with Crippen molar-refractivity contribution in [3.05, 3.63) is 59.4 Å². The summed E-state index contributed by atoms with van der Waals surface area (Å²) in [5, 5.41) is 0. The van der Waals surface area contributed by atoms with Gasteiger partial charge in [-0.05, 0) is 57.5 Å². The van der Waals surface area contributed by atoms with Gasteiger partial charge in [-0.15, -0.1) is 0 Å². The maximum absolute atomic E-state index is 12.4. The molecular formula is C28H36N8O2. The first-order valence-electron chi connectivity index (χ1n) is 13.4. The van der Waals surface area contributed by atoms with Gasteiger partial charge in [0, 0.05) is 55.9 Å². The van der Waals surface area contributed by atoms with Crippen molar-refractivity contribution in [3.8, 4) is 6.01 Å². The Balaban J connectivity index is 1.45. The molecule has 2 aromatic heterocycles. The molecule has 0 bridgehead atoms. The highest BCUT2D eigenvalue weighted by Gasteiger charge is 2.35. The minimum Gasteiger partial charge on any atom is -0.462 e. The van der Waals surface area contributed by atoms with Crippen LogP contribution in [0.3, 0.4) is 0 Å². The average molecular weight is 517 g/mol. The Morgan fingerprint density at radius 2 is 2.11 bits per heavy atom. The molecule has 0 aliphatic carbocycles. The number of nitrogens with zero attached hydrogens (tertiary/aromatic N) is 8. The van der Waals surface area contributed by atoms with E-state index in [1.54, 1.807) is 4.90 Å². The SMILES string of the molecule is [C-]#[N+]C[C@H]1CN(c2nc(OC[C@@H]3CCCN3C)nc3c2CCN(c2ccncc2C)C3)CCN1C(=O)C=C. The number of carbonyl (C=O) groups excluding carboxylic acids is 1. The summed E-state index contributed by atoms with van der Waals surface area (Å²) in [5.41, 5.74) is 4.40. The van der Waals surface area contributed by atoms with E-state index in [1.807, 2.05) is 12.4 Å². The summed E-state index contributed by atoms with van der Waals surface area (Å²) < 4.78 is 6.23. The fourth-order valence-corrected chi connectivity index (χ4v) is 5.82. The van der Waals surface area contributed by atoms with Crippen LogP contribution in [0.25, 0.3) is 4.85 Å². The van der Waals surface area contributed by atoms with E-state index in [1.165, 1.54) is 12.5 Å². The summed E-state index contributed by atoms with van der Waals surface area (Å²) >= 11 is 0. The number of likely N-dealkylation sites (N-methyl/N-ethyl adjacent to an activating group) is 1. The van der Waals surface area contributed by atoms with Crippen LogP contribution >= 0.6 is 0 Å². The van der Waals surface area contributed by atoms with E-state index in [4.69, 9.17) is 21.3 Å². The molecule has 200 valence electrons. The van der Waals surface area contributed by atoms with Crippen LogP contribution in [0.1, 0.15) is 29.7 Å². The van der Waals surface area contributed by atoms with E-state index < -0.39 is 0 Å². The molecular weight excluding hydrogens is 480 g/mol. The van der Waals surface area contributed by atoms with Crippen molar-refractivity contribution in [2.24, 2.45) is 0 Å². The van der Waals surface area contributed by atoms with Gasteiger partial charge in [0.05, 0.1) is 12.2 Å². The fourth-order valence-electron chi connectivity index (χ4n) is 5.82. The van der Waals surface area contributed by atoms with E-state index in [-0.39, 0.29) is 18.5 Å². The summed E-state index contributed by atoms with van der Waals surface area (Å²) in [6, 6.07) is 2.61. The first-order chi connectivity index (χ1) is 18.5. The van der Waals surface area contributed by atoms with Gasteiger partial charge in [0.1, 0.15) is 18.5 Å². The molecule has 0 saturated carbocycles. The van der Waals surface area contributed by atoms with Crippen molar-refractivity contribution >= 4 is 17.4 Å². The number of aryl methyl sites for hydroxylation is 1. The number of likely N-dealkylation sites (tertiary alicyclic amines) is 1. The van der Waals surface area contributed by atoms with Crippen LogP contribution < -0.4 is 14.5 Å². The molecule has 2 atom stereocenters. The maximum atomic E-state index is 12.4. The van der Waals surface area contributed by atoms with Gasteiger partial charge in [-0.3, -0.25) is 9.78 Å². The lowest BCUT2D eigenvalue weighted by Gasteiger charge is -2.41. The lowest BCUT2D eigenvalue weighted by molar-refractivity contribution is -0.128. The van der Waals surface area contributed by atoms with E-state index in [0.29, 0.717) is 44.8 Å². The van der Waals surface area contributed by atoms with Crippen LogP contribution in [-0.2, 0) is 17.8 Å². The number of hydrogen-bond acceptors (Lipinski definition) is 8. The van der Waals surface area contributed by atoms with Gasteiger partial charge in [-0.1, -0.05) is 6.58 Å². The zero-order valence-electron chi connectivity index (χ0n) is 22.3. The molecule has 10 heteroatoms. The minimum absolute atomic E-state index is 0.129. The number of fused-ring (bicyclic) bond motifs is 1. The number of piperazine rings is 1. The lowest BCUT2D eigenvalue weighted by Crippen LogP contribution is -2.56. The number of rotatable bonds is 7. The van der Waals surface area contributed by atoms with Crippen molar-refractivity contribution in [1.82, 2.24) is 24.8 Å². The molecule has 3 aliphatic heterocycles. The van der Waals surface area contributed by atoms with Crippen LogP contribution in [-0.4, -0.2) is 95.7 Å². The average Bonchev–Trinajstić information content (AvgIpc) is 3.35. The zero-order valence-corrected chi connectivity index (χ0v) is 22.3. The van der Waals surface area contributed by atoms with E-state index in [2.05, 4.69) is 51.1 Å². The number of carbonyl (C=O) groups is 1. The monoisotopic (exact) mass is 516 g/mol. The second-order valence-electron chi connectivity index (χ2n) is 10.4. The highest BCUT2D eigenvalue weighted by atomic mass is 16.5. The van der Waals surface area contributed by atoms with Gasteiger partial charge in [0.2, 0.25) is 12.5 Å². The number of ether oxygens (including phenoxy) is 1. The molecule has 5 rings (SSSR count). The molecule has 0 spiro atoms. The van der Waals surface area contributed by atoms with Crippen LogP contribution in [0.5, 0.6) is 6.01 Å². The first-order valence-corrected chi connectivity index (χ1v) is 13.4. The topological polar surface area (TPSA) is 82.3 Å². The highest BCUT2D eigenvalue weighted by molar-refractivity contribution is 5.87. The Labute approximate surface area is 224 Å². The largest absolute Gasteiger partial charge is 0.462 e. The number of aromatic nitrogens is 3. The van der Waals surface area contributed by atoms with Gasteiger partial charge in [0.15, 0.2) is 0 Å². The molecule has 0 N–H and O–H groups in total. The Kier molecular flexibility index (Phi) is 7.74. The molecule has 0 unspecified atom stereocenters. The van der Waals surface area contributed by atoms with Crippen molar-refractivity contribution in [2.45, 2.75) is 44.8 Å². The molecule has 2 aromatic rings. The maximum Gasteiger partial charge on any atom is 0.318 e. The summed E-state index contributed by atoms with van der Waals surface area (Å²) in [4.78, 5) is 38.8. The van der Waals surface area contributed by atoms with E-state index in [9.17, 15) is 4.79 Å². The van der Waals surface area contributed by atoms with Gasteiger partial charge in [-0.25, -0.2) is 6.57 Å². The van der Waals surface area contributed by atoms with Crippen LogP contribution in [0.15, 0.2) is 31.1 Å². The van der Waals surface area contributed by atoms with Crippen molar-refractivity contribution in [1.29, 1.82) is 0 Å². The summed E-state index contributed by atoms with van der Waals surface area (Å²) in [7, 11) is 2.14. The molecule has 0 aromatic carbocycles. The Bertz CT molecular complexity index is 1230. The lowest BCUT2D eigenvalue weighted by atomic mass is 10.0. The van der Waals surface area contributed by atoms with Gasteiger partial charge >= 0.3 is 6.01 Å². The highest BCUT2D eigenvalue weighted by Crippen LogP contribution is 2.33. The van der Waals surface area contributed by atoms with Crippen molar-refractivity contribution < 1.29 is 9.53 Å². The van der Waals surface area contributed by atoms with E-state index in [0.717, 1.165) is 54.3 Å². The number of pyridine rings is 1. The molecule has 0 radical (unpaired) electrons. The third kappa shape index (κ3) is 5.29. The Hall–Kier alpha value is -3.71. The van der Waals surface area contributed by atoms with Crippen molar-refractivity contribution in [2.75, 3.05) is 62.7 Å². The Morgan fingerprint density at radius 3 is 2.84 bits per heavy atom. The Morgan fingerprint density at radius 1 is 1.24 bits per heavy atom. The van der Waals surface area contributed by atoms with Gasteiger partial charge in [-0.2, -0.15) is 9.97 Å². The van der Waals surface area contributed by atoms with Crippen LogP contribution in [0.2, 0.25) is 0 Å². The quantitative estimate of drug-likeness (QED) is 0.410. The molecule has 2 fully saturated rings. The normalized spacial score (nSPS) is 21.7. The van der Waals surface area contributed by atoms with Crippen molar-refractivity contribution in [3.63, 3.8) is 0 Å². The summed E-state index contributed by atoms with van der Waals surface area (Å²) in [5.74, 6) is 0.743. The molecule has 2 saturated heterocycles.